The third-order valence-electron chi connectivity index (χ3n) is 4.85. The lowest BCUT2D eigenvalue weighted by Crippen LogP contribution is -2.45. The van der Waals surface area contributed by atoms with Gasteiger partial charge in [-0.25, -0.2) is 0 Å². The molecule has 1 N–H and O–H groups in total. The van der Waals surface area contributed by atoms with Crippen molar-refractivity contribution in [1.82, 2.24) is 4.90 Å². The first-order chi connectivity index (χ1) is 11.5. The third kappa shape index (κ3) is 3.90. The Morgan fingerprint density at radius 3 is 2.96 bits per heavy atom. The van der Waals surface area contributed by atoms with Gasteiger partial charge in [0.25, 0.3) is 5.91 Å². The quantitative estimate of drug-likeness (QED) is 0.899. The molecule has 1 amide bonds. The minimum absolute atomic E-state index is 0.0389. The summed E-state index contributed by atoms with van der Waals surface area (Å²) in [5.74, 6) is 0.402. The Balaban J connectivity index is 1.64. The predicted octanol–water partition coefficient (Wildman–Crippen LogP) is 2.50. The zero-order chi connectivity index (χ0) is 17.1. The van der Waals surface area contributed by atoms with Crippen molar-refractivity contribution < 1.29 is 19.4 Å². The SMILES string of the molecule is CC(C)[C@H](OC[C@@H]1CCCO1)C(=O)N1CCc2ccc(O)cc2C1. The number of hydrogen-bond acceptors (Lipinski definition) is 4. The average Bonchev–Trinajstić information content (AvgIpc) is 3.07. The molecule has 0 bridgehead atoms. The van der Waals surface area contributed by atoms with Crippen molar-refractivity contribution in [2.75, 3.05) is 19.8 Å². The van der Waals surface area contributed by atoms with Gasteiger partial charge >= 0.3 is 0 Å². The van der Waals surface area contributed by atoms with Crippen LogP contribution in [0.25, 0.3) is 0 Å². The number of nitrogens with zero attached hydrogens (tertiary/aromatic N) is 1. The number of carbonyl (C=O) groups is 1. The van der Waals surface area contributed by atoms with Crippen LogP contribution in [-0.2, 0) is 27.2 Å². The predicted molar refractivity (Wildman–Crippen MR) is 90.8 cm³/mol. The van der Waals surface area contributed by atoms with E-state index in [4.69, 9.17) is 9.47 Å². The molecule has 2 heterocycles. The smallest absolute Gasteiger partial charge is 0.252 e. The van der Waals surface area contributed by atoms with Crippen LogP contribution in [0.1, 0.15) is 37.8 Å². The van der Waals surface area contributed by atoms with E-state index in [0.29, 0.717) is 19.7 Å². The van der Waals surface area contributed by atoms with E-state index < -0.39 is 6.10 Å². The van der Waals surface area contributed by atoms with Crippen molar-refractivity contribution in [3.05, 3.63) is 29.3 Å². The number of hydrogen-bond donors (Lipinski definition) is 1. The highest BCUT2D eigenvalue weighted by atomic mass is 16.5. The number of rotatable bonds is 5. The summed E-state index contributed by atoms with van der Waals surface area (Å²) < 4.78 is 11.5. The summed E-state index contributed by atoms with van der Waals surface area (Å²) in [7, 11) is 0. The highest BCUT2D eigenvalue weighted by molar-refractivity contribution is 5.81. The van der Waals surface area contributed by atoms with Gasteiger partial charge in [-0.3, -0.25) is 4.79 Å². The zero-order valence-electron chi connectivity index (χ0n) is 14.5. The minimum atomic E-state index is -0.437. The maximum Gasteiger partial charge on any atom is 0.252 e. The van der Waals surface area contributed by atoms with Crippen molar-refractivity contribution >= 4 is 5.91 Å². The van der Waals surface area contributed by atoms with Crippen LogP contribution in [0.15, 0.2) is 18.2 Å². The molecule has 0 aliphatic carbocycles. The number of fused-ring (bicyclic) bond motifs is 1. The molecule has 3 rings (SSSR count). The van der Waals surface area contributed by atoms with Gasteiger partial charge in [-0.15, -0.1) is 0 Å². The van der Waals surface area contributed by atoms with Crippen LogP contribution >= 0.6 is 0 Å². The summed E-state index contributed by atoms with van der Waals surface area (Å²) in [5, 5.41) is 9.67. The Hall–Kier alpha value is -1.59. The van der Waals surface area contributed by atoms with Gasteiger partial charge in [0.1, 0.15) is 11.9 Å². The van der Waals surface area contributed by atoms with E-state index in [-0.39, 0.29) is 23.7 Å². The second kappa shape index (κ2) is 7.53. The number of phenolic OH excluding ortho intramolecular Hbond substituents is 1. The van der Waals surface area contributed by atoms with Gasteiger partial charge < -0.3 is 19.5 Å². The van der Waals surface area contributed by atoms with Gasteiger partial charge in [-0.2, -0.15) is 0 Å². The fourth-order valence-electron chi connectivity index (χ4n) is 3.45. The minimum Gasteiger partial charge on any atom is -0.508 e. The summed E-state index contributed by atoms with van der Waals surface area (Å²) in [6.07, 6.45) is 2.58. The number of carbonyl (C=O) groups excluding carboxylic acids is 1. The van der Waals surface area contributed by atoms with E-state index in [1.807, 2.05) is 24.8 Å². The number of phenols is 1. The summed E-state index contributed by atoms with van der Waals surface area (Å²) in [5.41, 5.74) is 2.23. The van der Waals surface area contributed by atoms with Crippen LogP contribution in [0, 0.1) is 5.92 Å². The topological polar surface area (TPSA) is 59.0 Å². The first kappa shape index (κ1) is 17.2. The molecule has 0 unspecified atom stereocenters. The van der Waals surface area contributed by atoms with E-state index >= 15 is 0 Å². The van der Waals surface area contributed by atoms with Gasteiger partial charge in [0.15, 0.2) is 0 Å². The molecule has 2 atom stereocenters. The first-order valence-corrected chi connectivity index (χ1v) is 8.87. The van der Waals surface area contributed by atoms with Crippen molar-refractivity contribution in [3.8, 4) is 5.75 Å². The molecule has 5 nitrogen and oxygen atoms in total. The molecule has 1 saturated heterocycles. The normalized spacial score (nSPS) is 21.8. The van der Waals surface area contributed by atoms with Crippen LogP contribution in [0.2, 0.25) is 0 Å². The van der Waals surface area contributed by atoms with Gasteiger partial charge in [0, 0.05) is 19.7 Å². The fraction of sp³-hybridized carbons (Fsp3) is 0.632. The van der Waals surface area contributed by atoms with Gasteiger partial charge in [-0.05, 0) is 48.4 Å². The van der Waals surface area contributed by atoms with E-state index in [1.54, 1.807) is 12.1 Å². The summed E-state index contributed by atoms with van der Waals surface area (Å²) in [6, 6.07) is 5.41. The fourth-order valence-corrected chi connectivity index (χ4v) is 3.45. The Morgan fingerprint density at radius 1 is 1.42 bits per heavy atom. The summed E-state index contributed by atoms with van der Waals surface area (Å²) in [6.45, 7) is 6.54. The van der Waals surface area contributed by atoms with Crippen LogP contribution in [0.5, 0.6) is 5.75 Å². The molecule has 24 heavy (non-hydrogen) atoms. The third-order valence-corrected chi connectivity index (χ3v) is 4.85. The van der Waals surface area contributed by atoms with Crippen LogP contribution in [-0.4, -0.2) is 47.9 Å². The second-order valence-corrected chi connectivity index (χ2v) is 7.10. The molecular weight excluding hydrogens is 306 g/mol. The van der Waals surface area contributed by atoms with Gasteiger partial charge in [0.05, 0.1) is 12.7 Å². The zero-order valence-corrected chi connectivity index (χ0v) is 14.5. The van der Waals surface area contributed by atoms with E-state index in [2.05, 4.69) is 0 Å². The molecule has 5 heteroatoms. The molecule has 2 aliphatic heterocycles. The van der Waals surface area contributed by atoms with Crippen molar-refractivity contribution in [2.45, 2.75) is 51.9 Å². The van der Waals surface area contributed by atoms with Crippen molar-refractivity contribution in [1.29, 1.82) is 0 Å². The molecule has 132 valence electrons. The largest absolute Gasteiger partial charge is 0.508 e. The Bertz CT molecular complexity index is 581. The maximum atomic E-state index is 12.9. The molecule has 1 aromatic rings. The summed E-state index contributed by atoms with van der Waals surface area (Å²) >= 11 is 0. The van der Waals surface area contributed by atoms with E-state index in [1.165, 1.54) is 5.56 Å². The number of benzene rings is 1. The van der Waals surface area contributed by atoms with E-state index in [0.717, 1.165) is 31.4 Å². The van der Waals surface area contributed by atoms with Crippen LogP contribution < -0.4 is 0 Å². The molecule has 0 saturated carbocycles. The van der Waals surface area contributed by atoms with E-state index in [9.17, 15) is 9.90 Å². The van der Waals surface area contributed by atoms with Crippen LogP contribution in [0.3, 0.4) is 0 Å². The Morgan fingerprint density at radius 2 is 2.25 bits per heavy atom. The van der Waals surface area contributed by atoms with Gasteiger partial charge in [0.2, 0.25) is 0 Å². The molecule has 1 fully saturated rings. The summed E-state index contributed by atoms with van der Waals surface area (Å²) in [4.78, 5) is 14.8. The number of ether oxygens (including phenoxy) is 2. The highest BCUT2D eigenvalue weighted by Gasteiger charge is 2.31. The number of amides is 1. The molecule has 1 aromatic carbocycles. The first-order valence-electron chi connectivity index (χ1n) is 8.87. The highest BCUT2D eigenvalue weighted by Crippen LogP contribution is 2.25. The monoisotopic (exact) mass is 333 g/mol. The lowest BCUT2D eigenvalue weighted by atomic mass is 9.98. The molecule has 0 aromatic heterocycles. The van der Waals surface area contributed by atoms with Gasteiger partial charge in [-0.1, -0.05) is 19.9 Å². The molecular formula is C19H27NO4. The standard InChI is InChI=1S/C19H27NO4/c1-13(2)18(24-12-17-4-3-9-23-17)19(22)20-8-7-14-5-6-16(21)10-15(14)11-20/h5-6,10,13,17-18,21H,3-4,7-9,11-12H2,1-2H3/t17-,18-/m0/s1. The van der Waals surface area contributed by atoms with Crippen molar-refractivity contribution in [3.63, 3.8) is 0 Å². The van der Waals surface area contributed by atoms with Crippen molar-refractivity contribution in [2.24, 2.45) is 5.92 Å². The Kier molecular flexibility index (Phi) is 5.41. The maximum absolute atomic E-state index is 12.9. The van der Waals surface area contributed by atoms with Crippen LogP contribution in [0.4, 0.5) is 0 Å². The second-order valence-electron chi connectivity index (χ2n) is 7.10. The lowest BCUT2D eigenvalue weighted by molar-refractivity contribution is -0.150. The molecule has 2 aliphatic rings. The lowest BCUT2D eigenvalue weighted by Gasteiger charge is -2.33. The molecule has 0 spiro atoms. The molecule has 0 radical (unpaired) electrons. The number of aromatic hydroxyl groups is 1. The average molecular weight is 333 g/mol. The Labute approximate surface area is 143 Å².